The minimum absolute atomic E-state index is 0.389. The Kier molecular flexibility index (Phi) is 2.63. The summed E-state index contributed by atoms with van der Waals surface area (Å²) >= 11 is 0.804. The Labute approximate surface area is 90.4 Å². The van der Waals surface area contributed by atoms with E-state index in [1.807, 2.05) is 0 Å². The van der Waals surface area contributed by atoms with Crippen LogP contribution in [-0.4, -0.2) is 0 Å². The zero-order chi connectivity index (χ0) is 11.1. The summed E-state index contributed by atoms with van der Waals surface area (Å²) in [7, 11) is 0. The zero-order valence-electron chi connectivity index (χ0n) is 8.32. The average molecular weight is 232 g/mol. The molecule has 0 atom stereocenters. The summed E-state index contributed by atoms with van der Waals surface area (Å²) in [5.41, 5.74) is 2.27. The Balaban J connectivity index is 2.40. The minimum Gasteiger partial charge on any atom is -0.165 e. The molecular weight excluding hydrogens is 221 g/mol. The second-order valence-corrected chi connectivity index (χ2v) is 4.60. The molecule has 1 heterocycles. The van der Waals surface area contributed by atoms with Gasteiger partial charge in [-0.05, 0) is 48.3 Å². The Morgan fingerprint density at radius 2 is 2.07 bits per heavy atom. The second-order valence-electron chi connectivity index (χ2n) is 3.72. The molecule has 0 fully saturated rings. The zero-order valence-corrected chi connectivity index (χ0v) is 9.13. The van der Waals surface area contributed by atoms with E-state index in [0.717, 1.165) is 41.7 Å². The highest BCUT2D eigenvalue weighted by molar-refractivity contribution is 7.10. The number of rotatable bonds is 1. The van der Waals surface area contributed by atoms with E-state index in [0.29, 0.717) is 5.56 Å². The summed E-state index contributed by atoms with van der Waals surface area (Å²) in [6.07, 6.45) is 0.814. The van der Waals surface area contributed by atoms with Crippen LogP contribution >= 0.6 is 11.3 Å². The van der Waals surface area contributed by atoms with Gasteiger partial charge < -0.3 is 0 Å². The number of alkyl halides is 3. The molecule has 0 saturated heterocycles. The maximum atomic E-state index is 12.5. The first-order chi connectivity index (χ1) is 7.00. The van der Waals surface area contributed by atoms with Crippen LogP contribution in [0.1, 0.15) is 35.3 Å². The van der Waals surface area contributed by atoms with Crippen LogP contribution in [0.2, 0.25) is 0 Å². The number of halogens is 3. The number of hydrogen-bond acceptors (Lipinski definition) is 1. The van der Waals surface area contributed by atoms with Gasteiger partial charge >= 0.3 is 6.18 Å². The molecular formula is C11H11F3S. The van der Waals surface area contributed by atoms with Crippen molar-refractivity contribution in [2.75, 3.05) is 0 Å². The van der Waals surface area contributed by atoms with Crippen LogP contribution in [-0.2, 0) is 6.18 Å². The van der Waals surface area contributed by atoms with Crippen LogP contribution in [0.3, 0.4) is 0 Å². The molecule has 0 saturated carbocycles. The maximum Gasteiger partial charge on any atom is 0.425 e. The number of thiophene rings is 1. The molecule has 0 aromatic carbocycles. The summed E-state index contributed by atoms with van der Waals surface area (Å²) in [6.45, 7) is 1.56. The Morgan fingerprint density at radius 1 is 1.33 bits per heavy atom. The van der Waals surface area contributed by atoms with E-state index < -0.39 is 11.1 Å². The Morgan fingerprint density at radius 3 is 2.53 bits per heavy atom. The topological polar surface area (TPSA) is 0 Å². The van der Waals surface area contributed by atoms with Gasteiger partial charge in [-0.1, -0.05) is 6.08 Å². The average Bonchev–Trinajstić information content (AvgIpc) is 2.69. The third kappa shape index (κ3) is 1.95. The first-order valence-corrected chi connectivity index (χ1v) is 5.73. The smallest absolute Gasteiger partial charge is 0.165 e. The summed E-state index contributed by atoms with van der Waals surface area (Å²) in [5, 5.41) is 1.63. The first kappa shape index (κ1) is 10.7. The maximum absolute atomic E-state index is 12.5. The molecule has 15 heavy (non-hydrogen) atoms. The Bertz CT molecular complexity index is 398. The van der Waals surface area contributed by atoms with Crippen LogP contribution in [0.5, 0.6) is 0 Å². The molecule has 0 radical (unpaired) electrons. The summed E-state index contributed by atoms with van der Waals surface area (Å²) in [6, 6.07) is 0. The summed E-state index contributed by atoms with van der Waals surface area (Å²) in [4.78, 5) is -0.453. The molecule has 0 unspecified atom stereocenters. The molecule has 0 N–H and O–H groups in total. The van der Waals surface area contributed by atoms with E-state index in [1.54, 1.807) is 12.3 Å². The molecule has 4 heteroatoms. The molecule has 1 aliphatic rings. The third-order valence-corrected chi connectivity index (χ3v) is 3.81. The highest BCUT2D eigenvalue weighted by atomic mass is 32.1. The molecule has 1 aromatic rings. The van der Waals surface area contributed by atoms with Gasteiger partial charge in [0.15, 0.2) is 0 Å². The largest absolute Gasteiger partial charge is 0.425 e. The van der Waals surface area contributed by atoms with Crippen molar-refractivity contribution < 1.29 is 13.2 Å². The molecule has 2 rings (SSSR count). The van der Waals surface area contributed by atoms with Gasteiger partial charge in [0, 0.05) is 0 Å². The summed E-state index contributed by atoms with van der Waals surface area (Å²) in [5.74, 6) is 0. The van der Waals surface area contributed by atoms with Crippen molar-refractivity contribution in [1.29, 1.82) is 0 Å². The van der Waals surface area contributed by atoms with Crippen molar-refractivity contribution in [2.45, 2.75) is 32.4 Å². The van der Waals surface area contributed by atoms with Gasteiger partial charge in [-0.2, -0.15) is 13.2 Å². The van der Waals surface area contributed by atoms with Gasteiger partial charge in [0.05, 0.1) is 0 Å². The van der Waals surface area contributed by atoms with E-state index in [1.165, 1.54) is 0 Å². The van der Waals surface area contributed by atoms with Crippen molar-refractivity contribution in [2.24, 2.45) is 0 Å². The van der Waals surface area contributed by atoms with Crippen LogP contribution in [0.4, 0.5) is 13.2 Å². The fraction of sp³-hybridized carbons (Fsp3) is 0.455. The van der Waals surface area contributed by atoms with E-state index in [-0.39, 0.29) is 0 Å². The van der Waals surface area contributed by atoms with Crippen LogP contribution in [0.25, 0.3) is 5.57 Å². The standard InChI is InChI=1S/C11H11F3S/c1-7-9(8-4-2-3-5-8)6-15-10(7)11(12,13)14/h4,6H,2-3,5H2,1H3. The second kappa shape index (κ2) is 3.67. The van der Waals surface area contributed by atoms with Crippen molar-refractivity contribution in [1.82, 2.24) is 0 Å². The van der Waals surface area contributed by atoms with Gasteiger partial charge in [0.2, 0.25) is 0 Å². The quantitative estimate of drug-likeness (QED) is 0.661. The molecule has 1 aliphatic carbocycles. The van der Waals surface area contributed by atoms with E-state index in [4.69, 9.17) is 0 Å². The lowest BCUT2D eigenvalue weighted by atomic mass is 10.0. The van der Waals surface area contributed by atoms with E-state index in [2.05, 4.69) is 6.08 Å². The SMILES string of the molecule is Cc1c(C2=CCCC2)csc1C(F)(F)F. The van der Waals surface area contributed by atoms with Gasteiger partial charge in [0.25, 0.3) is 0 Å². The Hall–Kier alpha value is -0.770. The lowest BCUT2D eigenvalue weighted by Crippen LogP contribution is -2.04. The molecule has 1 aromatic heterocycles. The normalized spacial score (nSPS) is 16.9. The molecule has 0 aliphatic heterocycles. The van der Waals surface area contributed by atoms with Crippen molar-refractivity contribution >= 4 is 16.9 Å². The molecule has 0 bridgehead atoms. The number of hydrogen-bond donors (Lipinski definition) is 0. The fourth-order valence-electron chi connectivity index (χ4n) is 1.93. The molecule has 0 nitrogen and oxygen atoms in total. The van der Waals surface area contributed by atoms with E-state index in [9.17, 15) is 13.2 Å². The first-order valence-electron chi connectivity index (χ1n) is 4.85. The lowest BCUT2D eigenvalue weighted by Gasteiger charge is -2.06. The van der Waals surface area contributed by atoms with Crippen molar-refractivity contribution in [3.63, 3.8) is 0 Å². The predicted molar refractivity (Wildman–Crippen MR) is 55.9 cm³/mol. The van der Waals surface area contributed by atoms with Crippen LogP contribution in [0, 0.1) is 6.92 Å². The summed E-state index contributed by atoms with van der Waals surface area (Å²) < 4.78 is 37.6. The highest BCUT2D eigenvalue weighted by Gasteiger charge is 2.35. The van der Waals surface area contributed by atoms with Gasteiger partial charge in [-0.3, -0.25) is 0 Å². The van der Waals surface area contributed by atoms with Gasteiger partial charge in [-0.25, -0.2) is 0 Å². The van der Waals surface area contributed by atoms with Gasteiger partial charge in [0.1, 0.15) is 4.88 Å². The lowest BCUT2D eigenvalue weighted by molar-refractivity contribution is -0.134. The van der Waals surface area contributed by atoms with Crippen LogP contribution < -0.4 is 0 Å². The van der Waals surface area contributed by atoms with Crippen molar-refractivity contribution in [3.8, 4) is 0 Å². The highest BCUT2D eigenvalue weighted by Crippen LogP contribution is 2.41. The number of allylic oxidation sites excluding steroid dienone is 2. The van der Waals surface area contributed by atoms with Crippen LogP contribution in [0.15, 0.2) is 11.5 Å². The predicted octanol–water partition coefficient (Wildman–Crippen LogP) is 4.64. The minimum atomic E-state index is -4.20. The fourth-order valence-corrected chi connectivity index (χ4v) is 2.91. The molecule has 0 amide bonds. The third-order valence-electron chi connectivity index (χ3n) is 2.68. The molecule has 0 spiro atoms. The van der Waals surface area contributed by atoms with Gasteiger partial charge in [-0.15, -0.1) is 11.3 Å². The molecule has 82 valence electrons. The van der Waals surface area contributed by atoms with E-state index >= 15 is 0 Å². The monoisotopic (exact) mass is 232 g/mol. The van der Waals surface area contributed by atoms with Crippen molar-refractivity contribution in [3.05, 3.63) is 27.5 Å².